The summed E-state index contributed by atoms with van der Waals surface area (Å²) in [5.41, 5.74) is 3.51. The number of pyridine rings is 1. The Labute approximate surface area is 203 Å². The van der Waals surface area contributed by atoms with Crippen LogP contribution in [-0.4, -0.2) is 27.4 Å². The summed E-state index contributed by atoms with van der Waals surface area (Å²) in [6, 6.07) is 17.6. The van der Waals surface area contributed by atoms with Crippen LogP contribution in [0.25, 0.3) is 16.9 Å². The Morgan fingerprint density at radius 3 is 2.79 bits per heavy atom. The van der Waals surface area contributed by atoms with Gasteiger partial charge < -0.3 is 9.14 Å². The third-order valence-electron chi connectivity index (χ3n) is 5.08. The molecule has 34 heavy (non-hydrogen) atoms. The summed E-state index contributed by atoms with van der Waals surface area (Å²) >= 11 is 2.93. The Morgan fingerprint density at radius 1 is 1.15 bits per heavy atom. The van der Waals surface area contributed by atoms with Gasteiger partial charge in [-0.1, -0.05) is 6.07 Å². The highest BCUT2D eigenvalue weighted by Gasteiger charge is 2.14. The molecule has 0 aliphatic heterocycles. The lowest BCUT2D eigenvalue weighted by Crippen LogP contribution is -2.11. The maximum absolute atomic E-state index is 13.7. The number of fused-ring (bicyclic) bond motifs is 1. The van der Waals surface area contributed by atoms with Gasteiger partial charge in [-0.15, -0.1) is 23.1 Å². The molecule has 3 heterocycles. The van der Waals surface area contributed by atoms with Crippen LogP contribution in [-0.2, 0) is 5.75 Å². The Bertz CT molecular complexity index is 1430. The molecule has 9 heteroatoms. The minimum Gasteiger partial charge on any atom is -0.496 e. The van der Waals surface area contributed by atoms with Crippen molar-refractivity contribution in [1.82, 2.24) is 14.4 Å². The first-order chi connectivity index (χ1) is 16.6. The molecule has 0 fully saturated rings. The van der Waals surface area contributed by atoms with E-state index in [4.69, 9.17) is 4.74 Å². The molecule has 0 saturated heterocycles. The van der Waals surface area contributed by atoms with Crippen molar-refractivity contribution in [3.8, 4) is 17.0 Å². The predicted octanol–water partition coefficient (Wildman–Crippen LogP) is 6.15. The summed E-state index contributed by atoms with van der Waals surface area (Å²) in [5.74, 6) is 0.609. The Kier molecular flexibility index (Phi) is 6.29. The maximum Gasteiger partial charge on any atom is 0.257 e. The second-order valence-electron chi connectivity index (χ2n) is 7.35. The van der Waals surface area contributed by atoms with Gasteiger partial charge in [-0.05, 0) is 54.6 Å². The van der Waals surface area contributed by atoms with Crippen molar-refractivity contribution >= 4 is 39.8 Å². The topological polar surface area (TPSA) is 68.5 Å². The smallest absolute Gasteiger partial charge is 0.257 e. The third kappa shape index (κ3) is 4.80. The van der Waals surface area contributed by atoms with Crippen molar-refractivity contribution < 1.29 is 13.9 Å². The number of methoxy groups -OCH3 is 1. The number of hydrogen-bond donors (Lipinski definition) is 1. The molecule has 0 saturated carbocycles. The monoisotopic (exact) mass is 490 g/mol. The largest absolute Gasteiger partial charge is 0.496 e. The molecule has 0 bridgehead atoms. The number of thioether (sulfide) groups is 1. The third-order valence-corrected chi connectivity index (χ3v) is 6.88. The minimum atomic E-state index is -0.381. The maximum atomic E-state index is 13.7. The SMILES string of the molecule is COc1ccc(F)cc1-c1csc(NC(=O)c2ccc(SCc3cn4ccccc4n3)cc2)n1. The van der Waals surface area contributed by atoms with Crippen molar-refractivity contribution in [2.45, 2.75) is 10.6 Å². The Morgan fingerprint density at radius 2 is 2.00 bits per heavy atom. The molecule has 0 spiro atoms. The van der Waals surface area contributed by atoms with Crippen LogP contribution in [0.4, 0.5) is 9.52 Å². The highest BCUT2D eigenvalue weighted by molar-refractivity contribution is 7.98. The summed E-state index contributed by atoms with van der Waals surface area (Å²) in [5, 5.41) is 4.99. The molecule has 0 radical (unpaired) electrons. The molecule has 0 unspecified atom stereocenters. The number of ether oxygens (including phenoxy) is 1. The number of rotatable bonds is 7. The highest BCUT2D eigenvalue weighted by Crippen LogP contribution is 2.33. The van der Waals surface area contributed by atoms with E-state index in [1.165, 1.54) is 30.6 Å². The normalized spacial score (nSPS) is 11.0. The number of amides is 1. The van der Waals surface area contributed by atoms with Gasteiger partial charge in [-0.3, -0.25) is 10.1 Å². The van der Waals surface area contributed by atoms with Gasteiger partial charge in [0.25, 0.3) is 5.91 Å². The van der Waals surface area contributed by atoms with Crippen molar-refractivity contribution in [1.29, 1.82) is 0 Å². The van der Waals surface area contributed by atoms with Crippen molar-refractivity contribution in [3.05, 3.63) is 95.5 Å². The molecular weight excluding hydrogens is 471 g/mol. The van der Waals surface area contributed by atoms with Crippen molar-refractivity contribution in [3.63, 3.8) is 0 Å². The summed E-state index contributed by atoms with van der Waals surface area (Å²) in [7, 11) is 1.52. The molecule has 170 valence electrons. The van der Waals surface area contributed by atoms with E-state index in [1.807, 2.05) is 47.1 Å². The number of carbonyl (C=O) groups is 1. The molecule has 0 aliphatic rings. The molecule has 1 amide bonds. The number of thiazole rings is 1. The number of halogens is 1. The van der Waals surface area contributed by atoms with Crippen molar-refractivity contribution in [2.75, 3.05) is 12.4 Å². The van der Waals surface area contributed by atoms with E-state index in [2.05, 4.69) is 15.3 Å². The fraction of sp³-hybridized carbons (Fsp3) is 0.0800. The van der Waals surface area contributed by atoms with E-state index in [0.717, 1.165) is 22.0 Å². The van der Waals surface area contributed by atoms with Gasteiger partial charge in [0.2, 0.25) is 0 Å². The number of hydrogen-bond acceptors (Lipinski definition) is 6. The number of nitrogens with one attached hydrogen (secondary N) is 1. The second-order valence-corrected chi connectivity index (χ2v) is 9.25. The van der Waals surface area contributed by atoms with E-state index in [0.29, 0.717) is 27.7 Å². The first-order valence-electron chi connectivity index (χ1n) is 10.4. The molecule has 5 aromatic rings. The van der Waals surface area contributed by atoms with Gasteiger partial charge in [0, 0.05) is 39.5 Å². The fourth-order valence-electron chi connectivity index (χ4n) is 3.42. The summed E-state index contributed by atoms with van der Waals surface area (Å²) in [6.07, 6.45) is 4.00. The van der Waals surface area contributed by atoms with E-state index >= 15 is 0 Å². The number of imidazole rings is 1. The second kappa shape index (κ2) is 9.66. The van der Waals surface area contributed by atoms with Crippen LogP contribution in [0.1, 0.15) is 16.1 Å². The molecule has 0 atom stereocenters. The number of carbonyl (C=O) groups excluding carboxylic acids is 1. The Hall–Kier alpha value is -3.69. The quantitative estimate of drug-likeness (QED) is 0.277. The van der Waals surface area contributed by atoms with Gasteiger partial charge in [0.1, 0.15) is 17.2 Å². The average Bonchev–Trinajstić information content (AvgIpc) is 3.49. The van der Waals surface area contributed by atoms with Crippen LogP contribution in [0.2, 0.25) is 0 Å². The zero-order valence-electron chi connectivity index (χ0n) is 18.1. The number of benzene rings is 2. The van der Waals surface area contributed by atoms with Crippen LogP contribution in [0.15, 0.2) is 83.3 Å². The highest BCUT2D eigenvalue weighted by atomic mass is 32.2. The molecule has 5 rings (SSSR count). The number of aromatic nitrogens is 3. The van der Waals surface area contributed by atoms with Gasteiger partial charge in [-0.25, -0.2) is 14.4 Å². The van der Waals surface area contributed by atoms with Gasteiger partial charge in [-0.2, -0.15) is 0 Å². The van der Waals surface area contributed by atoms with Gasteiger partial charge in [0.05, 0.1) is 18.5 Å². The molecule has 3 aromatic heterocycles. The van der Waals surface area contributed by atoms with Crippen LogP contribution >= 0.6 is 23.1 Å². The molecule has 1 N–H and O–H groups in total. The van der Waals surface area contributed by atoms with E-state index in [1.54, 1.807) is 35.3 Å². The molecular formula is C25H19FN4O2S2. The number of nitrogens with zero attached hydrogens (tertiary/aromatic N) is 3. The minimum absolute atomic E-state index is 0.260. The zero-order valence-corrected chi connectivity index (χ0v) is 19.7. The zero-order chi connectivity index (χ0) is 23.5. The summed E-state index contributed by atoms with van der Waals surface area (Å²) in [4.78, 5) is 22.7. The van der Waals surface area contributed by atoms with Crippen LogP contribution in [0.5, 0.6) is 5.75 Å². The molecule has 6 nitrogen and oxygen atoms in total. The van der Waals surface area contributed by atoms with E-state index in [-0.39, 0.29) is 11.7 Å². The standard InChI is InChI=1S/C25H19FN4O2S2/c1-32-22-10-7-17(26)12-20(22)21-15-34-25(28-21)29-24(31)16-5-8-19(9-6-16)33-14-18-13-30-11-3-2-4-23(30)27-18/h2-13,15H,14H2,1H3,(H,28,29,31). The summed E-state index contributed by atoms with van der Waals surface area (Å²) < 4.78 is 21.0. The van der Waals surface area contributed by atoms with Crippen molar-refractivity contribution in [2.24, 2.45) is 0 Å². The lowest BCUT2D eigenvalue weighted by atomic mass is 10.1. The van der Waals surface area contributed by atoms with Crippen LogP contribution in [0.3, 0.4) is 0 Å². The molecule has 0 aliphatic carbocycles. The van der Waals surface area contributed by atoms with Gasteiger partial charge in [0.15, 0.2) is 5.13 Å². The van der Waals surface area contributed by atoms with Gasteiger partial charge >= 0.3 is 0 Å². The van der Waals surface area contributed by atoms with E-state index in [9.17, 15) is 9.18 Å². The fourth-order valence-corrected chi connectivity index (χ4v) is 4.91. The first-order valence-corrected chi connectivity index (χ1v) is 12.2. The Balaban J connectivity index is 1.22. The number of anilines is 1. The summed E-state index contributed by atoms with van der Waals surface area (Å²) in [6.45, 7) is 0. The molecule has 2 aromatic carbocycles. The first kappa shape index (κ1) is 22.1. The average molecular weight is 491 g/mol. The van der Waals surface area contributed by atoms with Crippen LogP contribution in [0, 0.1) is 5.82 Å². The van der Waals surface area contributed by atoms with E-state index < -0.39 is 0 Å². The lowest BCUT2D eigenvalue weighted by molar-refractivity contribution is 0.102. The predicted molar refractivity (Wildman–Crippen MR) is 133 cm³/mol. The van der Waals surface area contributed by atoms with Crippen LogP contribution < -0.4 is 10.1 Å². The lowest BCUT2D eigenvalue weighted by Gasteiger charge is -2.06.